The highest BCUT2D eigenvalue weighted by Gasteiger charge is 2.43. The molecule has 1 aliphatic rings. The molecule has 1 aliphatic carbocycles. The molecule has 0 nitrogen and oxygen atoms in total. The van der Waals surface area contributed by atoms with Gasteiger partial charge in [0.2, 0.25) is 0 Å². The molecule has 1 fully saturated rings. The van der Waals surface area contributed by atoms with Crippen molar-refractivity contribution in [3.05, 3.63) is 0 Å². The van der Waals surface area contributed by atoms with Crippen LogP contribution in [0, 0.1) is 41.4 Å². The molecule has 0 heterocycles. The zero-order valence-electron chi connectivity index (χ0n) is 11.7. The molecular formula is C16H28. The average molecular weight is 220 g/mol. The molecule has 92 valence electrons. The largest absolute Gasteiger partial charge is 0.0999 e. The molecule has 0 heteroatoms. The van der Waals surface area contributed by atoms with Crippen LogP contribution in [0.1, 0.15) is 60.3 Å². The summed E-state index contributed by atoms with van der Waals surface area (Å²) in [6.07, 6.45) is 5.33. The van der Waals surface area contributed by atoms with Crippen molar-refractivity contribution < 1.29 is 0 Å². The molecule has 1 rings (SSSR count). The Labute approximate surface area is 102 Å². The van der Waals surface area contributed by atoms with Gasteiger partial charge in [-0.1, -0.05) is 59.3 Å². The zero-order chi connectivity index (χ0) is 12.1. The van der Waals surface area contributed by atoms with Gasteiger partial charge in [0.05, 0.1) is 0 Å². The molecule has 5 unspecified atom stereocenters. The maximum Gasteiger partial charge on any atom is 0.0205 e. The van der Waals surface area contributed by atoms with Crippen LogP contribution in [-0.4, -0.2) is 0 Å². The molecule has 0 aromatic heterocycles. The summed E-state index contributed by atoms with van der Waals surface area (Å²) in [5.74, 6) is 10.9. The Kier molecular flexibility index (Phi) is 5.39. The average Bonchev–Trinajstić information content (AvgIpc) is 3.05. The van der Waals surface area contributed by atoms with Gasteiger partial charge in [-0.2, -0.15) is 0 Å². The second kappa shape index (κ2) is 6.33. The third-order valence-electron chi connectivity index (χ3n) is 4.18. The quantitative estimate of drug-likeness (QED) is 0.587. The normalized spacial score (nSPS) is 28.8. The smallest absolute Gasteiger partial charge is 0.0205 e. The SMILES string of the molecule is CCCC(C)C1CC1C(C)C#CC(C)CC. The lowest BCUT2D eigenvalue weighted by Gasteiger charge is -2.10. The first-order valence-electron chi connectivity index (χ1n) is 7.11. The van der Waals surface area contributed by atoms with Gasteiger partial charge in [-0.05, 0) is 30.6 Å². The maximum atomic E-state index is 3.47. The Morgan fingerprint density at radius 2 is 1.75 bits per heavy atom. The maximum absolute atomic E-state index is 3.47. The fourth-order valence-electron chi connectivity index (χ4n) is 2.62. The second-order valence-electron chi connectivity index (χ2n) is 5.72. The lowest BCUT2D eigenvalue weighted by molar-refractivity contribution is 0.416. The van der Waals surface area contributed by atoms with Gasteiger partial charge in [0.15, 0.2) is 0 Å². The zero-order valence-corrected chi connectivity index (χ0v) is 11.7. The molecule has 0 saturated heterocycles. The molecule has 0 bridgehead atoms. The summed E-state index contributed by atoms with van der Waals surface area (Å²) in [5, 5.41) is 0. The van der Waals surface area contributed by atoms with Crippen LogP contribution >= 0.6 is 0 Å². The van der Waals surface area contributed by atoms with Crippen LogP contribution in [0.3, 0.4) is 0 Å². The van der Waals surface area contributed by atoms with Crippen LogP contribution < -0.4 is 0 Å². The van der Waals surface area contributed by atoms with Gasteiger partial charge in [0, 0.05) is 11.8 Å². The Morgan fingerprint density at radius 3 is 2.31 bits per heavy atom. The minimum Gasteiger partial charge on any atom is -0.0999 e. The van der Waals surface area contributed by atoms with Gasteiger partial charge in [-0.25, -0.2) is 0 Å². The van der Waals surface area contributed by atoms with Gasteiger partial charge in [-0.3, -0.25) is 0 Å². The monoisotopic (exact) mass is 220 g/mol. The van der Waals surface area contributed by atoms with E-state index >= 15 is 0 Å². The Balaban J connectivity index is 2.35. The molecule has 0 radical (unpaired) electrons. The summed E-state index contributed by atoms with van der Waals surface area (Å²) in [6.45, 7) is 11.5. The third kappa shape index (κ3) is 3.85. The minimum absolute atomic E-state index is 0.577. The molecule has 0 aliphatic heterocycles. The highest BCUT2D eigenvalue weighted by molar-refractivity contribution is 5.10. The predicted octanol–water partition coefficient (Wildman–Crippen LogP) is 4.74. The lowest BCUT2D eigenvalue weighted by Crippen LogP contribution is -2.03. The van der Waals surface area contributed by atoms with E-state index in [1.807, 2.05) is 0 Å². The fraction of sp³-hybridized carbons (Fsp3) is 0.875. The number of hydrogen-bond acceptors (Lipinski definition) is 0. The van der Waals surface area contributed by atoms with Crippen molar-refractivity contribution in [1.29, 1.82) is 0 Å². The molecule has 0 spiro atoms. The van der Waals surface area contributed by atoms with Crippen molar-refractivity contribution in [2.24, 2.45) is 29.6 Å². The van der Waals surface area contributed by atoms with Crippen LogP contribution in [0.2, 0.25) is 0 Å². The van der Waals surface area contributed by atoms with Crippen molar-refractivity contribution >= 4 is 0 Å². The molecule has 16 heavy (non-hydrogen) atoms. The van der Waals surface area contributed by atoms with E-state index in [-0.39, 0.29) is 0 Å². The summed E-state index contributed by atoms with van der Waals surface area (Å²) in [6, 6.07) is 0. The summed E-state index contributed by atoms with van der Waals surface area (Å²) in [5.41, 5.74) is 0. The first-order valence-corrected chi connectivity index (χ1v) is 7.11. The van der Waals surface area contributed by atoms with Gasteiger partial charge in [-0.15, -0.1) is 0 Å². The summed E-state index contributed by atoms with van der Waals surface area (Å²) < 4.78 is 0. The van der Waals surface area contributed by atoms with E-state index in [1.165, 1.54) is 25.7 Å². The molecule has 0 aromatic carbocycles. The molecule has 0 aromatic rings. The standard InChI is InChI=1S/C16H28/c1-6-8-13(4)15-11-16(15)14(5)10-9-12(3)7-2/h12-16H,6-8,11H2,1-5H3. The highest BCUT2D eigenvalue weighted by Crippen LogP contribution is 2.49. The van der Waals surface area contributed by atoms with E-state index in [2.05, 4.69) is 46.5 Å². The van der Waals surface area contributed by atoms with Crippen LogP contribution in [0.4, 0.5) is 0 Å². The van der Waals surface area contributed by atoms with Crippen molar-refractivity contribution in [2.75, 3.05) is 0 Å². The first kappa shape index (κ1) is 13.6. The van der Waals surface area contributed by atoms with E-state index in [9.17, 15) is 0 Å². The van der Waals surface area contributed by atoms with Gasteiger partial charge < -0.3 is 0 Å². The van der Waals surface area contributed by atoms with Crippen molar-refractivity contribution in [3.63, 3.8) is 0 Å². The summed E-state index contributed by atoms with van der Waals surface area (Å²) in [4.78, 5) is 0. The van der Waals surface area contributed by atoms with E-state index in [4.69, 9.17) is 0 Å². The minimum atomic E-state index is 0.577. The van der Waals surface area contributed by atoms with E-state index in [0.29, 0.717) is 11.8 Å². The van der Waals surface area contributed by atoms with E-state index < -0.39 is 0 Å². The summed E-state index contributed by atoms with van der Waals surface area (Å²) >= 11 is 0. The Hall–Kier alpha value is -0.440. The lowest BCUT2D eigenvalue weighted by atomic mass is 9.95. The van der Waals surface area contributed by atoms with Crippen LogP contribution in [-0.2, 0) is 0 Å². The van der Waals surface area contributed by atoms with Crippen molar-refractivity contribution in [1.82, 2.24) is 0 Å². The van der Waals surface area contributed by atoms with E-state index in [0.717, 1.165) is 17.8 Å². The van der Waals surface area contributed by atoms with E-state index in [1.54, 1.807) is 0 Å². The highest BCUT2D eigenvalue weighted by atomic mass is 14.5. The van der Waals surface area contributed by atoms with Crippen LogP contribution in [0.5, 0.6) is 0 Å². The third-order valence-corrected chi connectivity index (χ3v) is 4.18. The summed E-state index contributed by atoms with van der Waals surface area (Å²) in [7, 11) is 0. The van der Waals surface area contributed by atoms with Crippen molar-refractivity contribution in [2.45, 2.75) is 60.3 Å². The van der Waals surface area contributed by atoms with Gasteiger partial charge >= 0.3 is 0 Å². The topological polar surface area (TPSA) is 0 Å². The first-order chi connectivity index (χ1) is 7.60. The number of rotatable bonds is 5. The fourth-order valence-corrected chi connectivity index (χ4v) is 2.62. The predicted molar refractivity (Wildman–Crippen MR) is 72.1 cm³/mol. The van der Waals surface area contributed by atoms with Gasteiger partial charge in [0.1, 0.15) is 0 Å². The Morgan fingerprint density at radius 1 is 1.06 bits per heavy atom. The molecular weight excluding hydrogens is 192 g/mol. The van der Waals surface area contributed by atoms with Crippen molar-refractivity contribution in [3.8, 4) is 11.8 Å². The second-order valence-corrected chi connectivity index (χ2v) is 5.72. The molecule has 0 N–H and O–H groups in total. The van der Waals surface area contributed by atoms with Crippen LogP contribution in [0.25, 0.3) is 0 Å². The molecule has 5 atom stereocenters. The van der Waals surface area contributed by atoms with Gasteiger partial charge in [0.25, 0.3) is 0 Å². The number of hydrogen-bond donors (Lipinski definition) is 0. The Bertz CT molecular complexity index is 255. The molecule has 0 amide bonds. The molecule has 1 saturated carbocycles. The van der Waals surface area contributed by atoms with Crippen LogP contribution in [0.15, 0.2) is 0 Å².